The van der Waals surface area contributed by atoms with Crippen molar-refractivity contribution in [3.05, 3.63) is 206 Å². The van der Waals surface area contributed by atoms with E-state index in [1.807, 2.05) is 36.9 Å². The highest BCUT2D eigenvalue weighted by Gasteiger charge is 2.22. The standard InChI is InChI=1S/C53H34N2O/c1-2-12-43(38-21-23-52-50(30-38)51-31-39(22-24-53(51)56-52)45-14-4-6-16-47(45)41-10-8-26-55-33-41)42(11-1)36-19-17-34-27-35-18-20-37(29-49(35)48(34)28-36)44-13-3-5-15-46(44)40-9-7-25-54-32-40/h1-26,28-33H,27H2. The Morgan fingerprint density at radius 1 is 0.321 bits per heavy atom. The van der Waals surface area contributed by atoms with Gasteiger partial charge in [-0.1, -0.05) is 121 Å². The molecular weight excluding hydrogens is 681 g/mol. The molecule has 0 radical (unpaired) electrons. The molecule has 0 saturated carbocycles. The summed E-state index contributed by atoms with van der Waals surface area (Å²) < 4.78 is 6.41. The summed E-state index contributed by atoms with van der Waals surface area (Å²) in [4.78, 5) is 8.78. The van der Waals surface area contributed by atoms with Crippen molar-refractivity contribution < 1.29 is 4.42 Å². The number of furan rings is 1. The highest BCUT2D eigenvalue weighted by molar-refractivity contribution is 6.08. The van der Waals surface area contributed by atoms with Crippen LogP contribution in [0.5, 0.6) is 0 Å². The van der Waals surface area contributed by atoms with Crippen LogP contribution in [0.25, 0.3) is 99.8 Å². The second-order valence-electron chi connectivity index (χ2n) is 14.6. The van der Waals surface area contributed by atoms with E-state index < -0.39 is 0 Å². The van der Waals surface area contributed by atoms with Crippen molar-refractivity contribution >= 4 is 21.9 Å². The number of fused-ring (bicyclic) bond motifs is 6. The van der Waals surface area contributed by atoms with Crippen molar-refractivity contribution in [2.75, 3.05) is 0 Å². The first kappa shape index (κ1) is 32.1. The van der Waals surface area contributed by atoms with E-state index in [-0.39, 0.29) is 0 Å². The summed E-state index contributed by atoms with van der Waals surface area (Å²) in [7, 11) is 0. The minimum atomic E-state index is 0.882. The molecule has 0 unspecified atom stereocenters. The van der Waals surface area contributed by atoms with Gasteiger partial charge >= 0.3 is 0 Å². The molecule has 0 aliphatic heterocycles. The smallest absolute Gasteiger partial charge is 0.135 e. The van der Waals surface area contributed by atoms with Crippen LogP contribution in [0.4, 0.5) is 0 Å². The highest BCUT2D eigenvalue weighted by Crippen LogP contribution is 2.44. The molecule has 1 aliphatic rings. The van der Waals surface area contributed by atoms with E-state index >= 15 is 0 Å². The number of hydrogen-bond acceptors (Lipinski definition) is 3. The van der Waals surface area contributed by atoms with E-state index in [0.717, 1.165) is 56.2 Å². The lowest BCUT2D eigenvalue weighted by atomic mass is 9.90. The molecule has 262 valence electrons. The first-order valence-electron chi connectivity index (χ1n) is 19.1. The topological polar surface area (TPSA) is 38.9 Å². The maximum atomic E-state index is 6.41. The summed E-state index contributed by atoms with van der Waals surface area (Å²) in [6, 6.07) is 61.3. The van der Waals surface area contributed by atoms with Crippen LogP contribution in [0.15, 0.2) is 199 Å². The van der Waals surface area contributed by atoms with Crippen molar-refractivity contribution in [2.24, 2.45) is 0 Å². The Kier molecular flexibility index (Phi) is 7.56. The van der Waals surface area contributed by atoms with Crippen LogP contribution in [-0.2, 0) is 6.42 Å². The minimum Gasteiger partial charge on any atom is -0.456 e. The van der Waals surface area contributed by atoms with Crippen molar-refractivity contribution in [2.45, 2.75) is 6.42 Å². The molecule has 10 aromatic rings. The number of nitrogens with zero attached hydrogens (tertiary/aromatic N) is 2. The molecule has 1 aliphatic carbocycles. The maximum Gasteiger partial charge on any atom is 0.135 e. The van der Waals surface area contributed by atoms with E-state index in [1.165, 1.54) is 61.2 Å². The van der Waals surface area contributed by atoms with Gasteiger partial charge in [0.15, 0.2) is 0 Å². The SMILES string of the molecule is c1cncc(-c2ccccc2-c2ccc3c(c2)-c2cc(-c4ccccc4-c4ccc5oc6ccc(-c7ccccc7-c7cccnc7)cc6c5c4)ccc2C3)c1. The lowest BCUT2D eigenvalue weighted by Gasteiger charge is -2.13. The van der Waals surface area contributed by atoms with E-state index in [0.29, 0.717) is 0 Å². The zero-order chi connectivity index (χ0) is 37.0. The van der Waals surface area contributed by atoms with Crippen LogP contribution in [0.1, 0.15) is 11.1 Å². The van der Waals surface area contributed by atoms with Crippen LogP contribution in [-0.4, -0.2) is 9.97 Å². The van der Waals surface area contributed by atoms with Crippen LogP contribution in [0.3, 0.4) is 0 Å². The Balaban J connectivity index is 0.986. The fourth-order valence-corrected chi connectivity index (χ4v) is 8.62. The van der Waals surface area contributed by atoms with Gasteiger partial charge in [0.05, 0.1) is 0 Å². The van der Waals surface area contributed by atoms with Gasteiger partial charge in [-0.15, -0.1) is 0 Å². The van der Waals surface area contributed by atoms with Gasteiger partial charge in [0.25, 0.3) is 0 Å². The van der Waals surface area contributed by atoms with Crippen molar-refractivity contribution in [3.8, 4) is 77.9 Å². The summed E-state index contributed by atoms with van der Waals surface area (Å²) in [5.41, 5.74) is 21.2. The third-order valence-electron chi connectivity index (χ3n) is 11.3. The second-order valence-corrected chi connectivity index (χ2v) is 14.6. The van der Waals surface area contributed by atoms with Gasteiger partial charge in [-0.3, -0.25) is 9.97 Å². The summed E-state index contributed by atoms with van der Waals surface area (Å²) in [5.74, 6) is 0. The molecule has 0 spiro atoms. The third kappa shape index (κ3) is 5.44. The zero-order valence-electron chi connectivity index (χ0n) is 30.5. The van der Waals surface area contributed by atoms with Crippen molar-refractivity contribution in [1.82, 2.24) is 9.97 Å². The molecule has 11 rings (SSSR count). The first-order chi connectivity index (χ1) is 27.7. The Hall–Kier alpha value is -7.36. The summed E-state index contributed by atoms with van der Waals surface area (Å²) in [6.45, 7) is 0. The monoisotopic (exact) mass is 714 g/mol. The normalized spacial score (nSPS) is 11.9. The summed E-state index contributed by atoms with van der Waals surface area (Å²) in [5, 5.41) is 2.21. The quantitative estimate of drug-likeness (QED) is 0.172. The van der Waals surface area contributed by atoms with Crippen molar-refractivity contribution in [1.29, 1.82) is 0 Å². The minimum absolute atomic E-state index is 0.882. The van der Waals surface area contributed by atoms with E-state index in [4.69, 9.17) is 4.42 Å². The lowest BCUT2D eigenvalue weighted by Crippen LogP contribution is -1.88. The van der Waals surface area contributed by atoms with Crippen LogP contribution in [0.2, 0.25) is 0 Å². The van der Waals surface area contributed by atoms with Gasteiger partial charge in [-0.25, -0.2) is 0 Å². The molecule has 0 fully saturated rings. The van der Waals surface area contributed by atoms with Gasteiger partial charge in [0.1, 0.15) is 11.2 Å². The first-order valence-corrected chi connectivity index (χ1v) is 19.1. The van der Waals surface area contributed by atoms with Gasteiger partial charge in [0, 0.05) is 46.7 Å². The van der Waals surface area contributed by atoms with Crippen molar-refractivity contribution in [3.63, 3.8) is 0 Å². The molecular formula is C53H34N2O. The van der Waals surface area contributed by atoms with Crippen LogP contribution >= 0.6 is 0 Å². The van der Waals surface area contributed by atoms with E-state index in [2.05, 4.69) is 168 Å². The molecule has 3 heterocycles. The molecule has 0 N–H and O–H groups in total. The molecule has 0 amide bonds. The average Bonchev–Trinajstić information content (AvgIpc) is 3.84. The molecule has 0 atom stereocenters. The van der Waals surface area contributed by atoms with Gasteiger partial charge in [0.2, 0.25) is 0 Å². The Morgan fingerprint density at radius 2 is 0.696 bits per heavy atom. The molecule has 3 nitrogen and oxygen atoms in total. The van der Waals surface area contributed by atoms with Crippen LogP contribution < -0.4 is 0 Å². The fraction of sp³-hybridized carbons (Fsp3) is 0.0189. The maximum absolute atomic E-state index is 6.41. The summed E-state index contributed by atoms with van der Waals surface area (Å²) >= 11 is 0. The molecule has 0 saturated heterocycles. The predicted molar refractivity (Wildman–Crippen MR) is 230 cm³/mol. The largest absolute Gasteiger partial charge is 0.456 e. The zero-order valence-corrected chi connectivity index (χ0v) is 30.5. The predicted octanol–water partition coefficient (Wildman–Crippen LogP) is 13.9. The second kappa shape index (κ2) is 13.2. The number of rotatable bonds is 6. The van der Waals surface area contributed by atoms with E-state index in [9.17, 15) is 0 Å². The van der Waals surface area contributed by atoms with Gasteiger partial charge in [-0.05, 0) is 133 Å². The number of benzene rings is 7. The molecule has 56 heavy (non-hydrogen) atoms. The number of hydrogen-bond donors (Lipinski definition) is 0. The Bertz CT molecular complexity index is 3110. The average molecular weight is 715 g/mol. The number of aromatic nitrogens is 2. The van der Waals surface area contributed by atoms with Gasteiger partial charge in [-0.2, -0.15) is 0 Å². The van der Waals surface area contributed by atoms with Crippen LogP contribution in [0, 0.1) is 0 Å². The highest BCUT2D eigenvalue weighted by atomic mass is 16.3. The third-order valence-corrected chi connectivity index (χ3v) is 11.3. The summed E-state index contributed by atoms with van der Waals surface area (Å²) in [6.07, 6.45) is 8.45. The Morgan fingerprint density at radius 3 is 1.09 bits per heavy atom. The fourth-order valence-electron chi connectivity index (χ4n) is 8.62. The molecule has 3 aromatic heterocycles. The van der Waals surface area contributed by atoms with E-state index in [1.54, 1.807) is 0 Å². The van der Waals surface area contributed by atoms with Gasteiger partial charge < -0.3 is 4.42 Å². The molecule has 3 heteroatoms. The molecule has 7 aromatic carbocycles. The molecule has 0 bridgehead atoms. The number of pyridine rings is 2. The Labute approximate surface area is 325 Å². The lowest BCUT2D eigenvalue weighted by molar-refractivity contribution is 0.669.